The van der Waals surface area contributed by atoms with Crippen LogP contribution in [0.5, 0.6) is 0 Å². The first-order valence-corrected chi connectivity index (χ1v) is 7.80. The molecule has 1 aromatic rings. The zero-order valence-electron chi connectivity index (χ0n) is 12.6. The number of halogens is 2. The zero-order valence-corrected chi connectivity index (χ0v) is 13.4. The molecule has 0 radical (unpaired) electrons. The van der Waals surface area contributed by atoms with Gasteiger partial charge in [0.1, 0.15) is 5.82 Å². The Kier molecular flexibility index (Phi) is 5.99. The minimum Gasteiger partial charge on any atom is -0.381 e. The second-order valence-corrected chi connectivity index (χ2v) is 5.82. The number of rotatable bonds is 6. The van der Waals surface area contributed by atoms with Crippen LogP contribution in [0.15, 0.2) is 18.2 Å². The van der Waals surface area contributed by atoms with E-state index < -0.39 is 0 Å². The summed E-state index contributed by atoms with van der Waals surface area (Å²) in [6.07, 6.45) is 2.17. The lowest BCUT2D eigenvalue weighted by molar-refractivity contribution is -0.110. The lowest BCUT2D eigenvalue weighted by Gasteiger charge is -2.42. The quantitative estimate of drug-likeness (QED) is 0.874. The smallest absolute Gasteiger partial charge is 0.145 e. The van der Waals surface area contributed by atoms with Gasteiger partial charge in [0.05, 0.1) is 10.6 Å². The van der Waals surface area contributed by atoms with Gasteiger partial charge in [-0.05, 0) is 24.6 Å². The van der Waals surface area contributed by atoms with Crippen LogP contribution in [0, 0.1) is 5.82 Å². The number of nitrogens with one attached hydrogen (secondary N) is 1. The lowest BCUT2D eigenvalue weighted by Crippen LogP contribution is -2.56. The molecule has 1 atom stereocenters. The Morgan fingerprint density at radius 2 is 2.14 bits per heavy atom. The van der Waals surface area contributed by atoms with E-state index in [0.29, 0.717) is 25.2 Å². The van der Waals surface area contributed by atoms with Crippen LogP contribution in [-0.4, -0.2) is 38.5 Å². The Labute approximate surface area is 130 Å². The Bertz CT molecular complexity index is 464. The third kappa shape index (κ3) is 3.75. The molecule has 0 saturated carbocycles. The summed E-state index contributed by atoms with van der Waals surface area (Å²) in [5, 5.41) is 3.62. The van der Waals surface area contributed by atoms with Crippen molar-refractivity contribution in [3.63, 3.8) is 0 Å². The average molecular weight is 316 g/mol. The summed E-state index contributed by atoms with van der Waals surface area (Å²) in [6.45, 7) is 4.20. The normalized spacial score (nSPS) is 19.4. The van der Waals surface area contributed by atoms with E-state index in [1.165, 1.54) is 0 Å². The number of likely N-dealkylation sites (N-methyl/N-ethyl adjacent to an activating group) is 1. The number of hydrogen-bond donors (Lipinski definition) is 1. The van der Waals surface area contributed by atoms with Gasteiger partial charge in [-0.3, -0.25) is 0 Å². The summed E-state index contributed by atoms with van der Waals surface area (Å²) in [4.78, 5) is 0. The molecule has 0 aliphatic carbocycles. The van der Waals surface area contributed by atoms with E-state index in [2.05, 4.69) is 5.32 Å². The van der Waals surface area contributed by atoms with Gasteiger partial charge in [-0.1, -0.05) is 30.7 Å². The van der Waals surface area contributed by atoms with Crippen molar-refractivity contribution >= 4 is 11.6 Å². The highest BCUT2D eigenvalue weighted by Crippen LogP contribution is 2.31. The molecule has 5 heteroatoms. The van der Waals surface area contributed by atoms with Crippen molar-refractivity contribution in [2.24, 2.45) is 0 Å². The van der Waals surface area contributed by atoms with E-state index in [0.717, 1.165) is 19.4 Å². The molecule has 0 amide bonds. The highest BCUT2D eigenvalue weighted by atomic mass is 35.5. The van der Waals surface area contributed by atoms with Crippen molar-refractivity contribution in [2.75, 3.05) is 26.9 Å². The Balaban J connectivity index is 2.23. The maximum Gasteiger partial charge on any atom is 0.145 e. The first kappa shape index (κ1) is 16.7. The zero-order chi connectivity index (χ0) is 15.3. The molecule has 1 unspecified atom stereocenters. The molecule has 1 aromatic carbocycles. The topological polar surface area (TPSA) is 30.5 Å². The molecule has 1 heterocycles. The minimum absolute atomic E-state index is 0.0318. The van der Waals surface area contributed by atoms with E-state index in [-0.39, 0.29) is 22.5 Å². The Hall–Kier alpha value is -0.680. The van der Waals surface area contributed by atoms with Crippen LogP contribution < -0.4 is 5.32 Å². The molecule has 2 rings (SSSR count). The largest absolute Gasteiger partial charge is 0.381 e. The van der Waals surface area contributed by atoms with Crippen molar-refractivity contribution in [1.82, 2.24) is 5.32 Å². The fourth-order valence-corrected chi connectivity index (χ4v) is 3.22. The first-order chi connectivity index (χ1) is 10.1. The molecule has 1 aliphatic rings. The second kappa shape index (κ2) is 7.54. The Morgan fingerprint density at radius 3 is 2.76 bits per heavy atom. The molecule has 1 N–H and O–H groups in total. The van der Waals surface area contributed by atoms with Crippen molar-refractivity contribution in [3.05, 3.63) is 34.6 Å². The highest BCUT2D eigenvalue weighted by molar-refractivity contribution is 6.30. The summed E-state index contributed by atoms with van der Waals surface area (Å²) in [7, 11) is 1.73. The van der Waals surface area contributed by atoms with Gasteiger partial charge in [-0.25, -0.2) is 4.39 Å². The fraction of sp³-hybridized carbons (Fsp3) is 0.625. The van der Waals surface area contributed by atoms with E-state index in [4.69, 9.17) is 21.1 Å². The molecule has 0 spiro atoms. The van der Waals surface area contributed by atoms with Crippen LogP contribution in [0.4, 0.5) is 4.39 Å². The van der Waals surface area contributed by atoms with Crippen molar-refractivity contribution < 1.29 is 13.9 Å². The second-order valence-electron chi connectivity index (χ2n) is 5.41. The molecule has 21 heavy (non-hydrogen) atoms. The van der Waals surface area contributed by atoms with Gasteiger partial charge in [-0.15, -0.1) is 0 Å². The summed E-state index contributed by atoms with van der Waals surface area (Å²) < 4.78 is 25.5. The maximum atomic E-state index is 14.2. The summed E-state index contributed by atoms with van der Waals surface area (Å²) >= 11 is 5.88. The van der Waals surface area contributed by atoms with Crippen LogP contribution in [0.3, 0.4) is 0 Å². The van der Waals surface area contributed by atoms with E-state index >= 15 is 0 Å². The SMILES string of the molecule is CCNC(Cc1cccc(Cl)c1F)C1(OC)CCOCC1. The van der Waals surface area contributed by atoms with Crippen LogP contribution in [0.2, 0.25) is 5.02 Å². The third-order valence-electron chi connectivity index (χ3n) is 4.29. The molecule has 0 aromatic heterocycles. The van der Waals surface area contributed by atoms with Gasteiger partial charge >= 0.3 is 0 Å². The highest BCUT2D eigenvalue weighted by Gasteiger charge is 2.40. The van der Waals surface area contributed by atoms with E-state index in [9.17, 15) is 4.39 Å². The van der Waals surface area contributed by atoms with Gasteiger partial charge in [0.25, 0.3) is 0 Å². The monoisotopic (exact) mass is 315 g/mol. The molecular formula is C16H23ClFNO2. The summed E-state index contributed by atoms with van der Waals surface area (Å²) in [5.41, 5.74) is 0.305. The predicted molar refractivity (Wildman–Crippen MR) is 82.4 cm³/mol. The van der Waals surface area contributed by atoms with Crippen LogP contribution >= 0.6 is 11.6 Å². The van der Waals surface area contributed by atoms with Gasteiger partial charge in [0, 0.05) is 39.2 Å². The maximum absolute atomic E-state index is 14.2. The number of hydrogen-bond acceptors (Lipinski definition) is 3. The third-order valence-corrected chi connectivity index (χ3v) is 4.58. The fourth-order valence-electron chi connectivity index (χ4n) is 3.03. The van der Waals surface area contributed by atoms with Gasteiger partial charge < -0.3 is 14.8 Å². The summed E-state index contributed by atoms with van der Waals surface area (Å²) in [6, 6.07) is 5.18. The van der Waals surface area contributed by atoms with Crippen LogP contribution in [-0.2, 0) is 15.9 Å². The molecule has 118 valence electrons. The molecule has 1 saturated heterocycles. The van der Waals surface area contributed by atoms with Gasteiger partial charge in [-0.2, -0.15) is 0 Å². The van der Waals surface area contributed by atoms with E-state index in [1.54, 1.807) is 25.3 Å². The molecule has 0 bridgehead atoms. The average Bonchev–Trinajstić information content (AvgIpc) is 2.52. The number of methoxy groups -OCH3 is 1. The van der Waals surface area contributed by atoms with Crippen molar-refractivity contribution in [2.45, 2.75) is 37.8 Å². The minimum atomic E-state index is -0.333. The van der Waals surface area contributed by atoms with Crippen molar-refractivity contribution in [3.8, 4) is 0 Å². The van der Waals surface area contributed by atoms with Gasteiger partial charge in [0.15, 0.2) is 0 Å². The predicted octanol–water partition coefficient (Wildman–Crippen LogP) is 3.20. The Morgan fingerprint density at radius 1 is 1.43 bits per heavy atom. The standard InChI is InChI=1S/C16H23ClFNO2/c1-3-19-14(16(20-2)7-9-21-10-8-16)11-12-5-4-6-13(17)15(12)18/h4-6,14,19H,3,7-11H2,1-2H3. The number of benzene rings is 1. The molecular weight excluding hydrogens is 293 g/mol. The number of ether oxygens (including phenoxy) is 2. The van der Waals surface area contributed by atoms with Crippen molar-refractivity contribution in [1.29, 1.82) is 0 Å². The molecule has 1 fully saturated rings. The molecule has 3 nitrogen and oxygen atoms in total. The van der Waals surface area contributed by atoms with Gasteiger partial charge in [0.2, 0.25) is 0 Å². The van der Waals surface area contributed by atoms with Crippen LogP contribution in [0.1, 0.15) is 25.3 Å². The summed E-state index contributed by atoms with van der Waals surface area (Å²) in [5.74, 6) is -0.333. The molecule has 1 aliphatic heterocycles. The first-order valence-electron chi connectivity index (χ1n) is 7.42. The van der Waals surface area contributed by atoms with Crippen LogP contribution in [0.25, 0.3) is 0 Å². The lowest BCUT2D eigenvalue weighted by atomic mass is 9.82. The van der Waals surface area contributed by atoms with E-state index in [1.807, 2.05) is 6.92 Å².